The smallest absolute Gasteiger partial charge is 0.125 e. The maximum Gasteiger partial charge on any atom is 0.125 e. The van der Waals surface area contributed by atoms with Crippen molar-refractivity contribution < 1.29 is 8.78 Å². The summed E-state index contributed by atoms with van der Waals surface area (Å²) in [7, 11) is 0. The third kappa shape index (κ3) is 4.69. The second-order valence-corrected chi connectivity index (χ2v) is 18.6. The van der Waals surface area contributed by atoms with E-state index in [2.05, 4.69) is 135 Å². The number of halogens is 2. The quantitative estimate of drug-likeness (QED) is 0.165. The summed E-state index contributed by atoms with van der Waals surface area (Å²) < 4.78 is 29.6. The molecule has 4 aliphatic rings. The Kier molecular flexibility index (Phi) is 7.69. The number of anilines is 4. The van der Waals surface area contributed by atoms with Crippen LogP contribution in [0.2, 0.25) is 0 Å². The van der Waals surface area contributed by atoms with Crippen LogP contribution >= 0.6 is 0 Å². The van der Waals surface area contributed by atoms with Crippen molar-refractivity contribution >= 4 is 44.3 Å². The molecule has 7 aromatic rings. The van der Waals surface area contributed by atoms with Crippen molar-refractivity contribution in [3.8, 4) is 22.3 Å². The van der Waals surface area contributed by atoms with Crippen molar-refractivity contribution in [3.63, 3.8) is 0 Å². The van der Waals surface area contributed by atoms with Crippen molar-refractivity contribution in [2.24, 2.45) is 0 Å². The Bertz CT molecular complexity index is 2580. The molecule has 11 rings (SSSR count). The maximum absolute atomic E-state index is 14.8. The third-order valence-electron chi connectivity index (χ3n) is 15.9. The topological polar surface area (TPSA) is 6.48 Å². The van der Waals surface area contributed by atoms with Crippen LogP contribution in [-0.4, -0.2) is 11.1 Å². The standard InChI is InChI=1S/C54H50F2N2/c1-51-27-9-11-29-53(51,3)57(39-17-13-15-37(55)33-39)47-25-23-35(31-45(47)51)49-41-19-5-7-21-43(41)50(44-22-8-6-20-42(44)49)36-24-26-48-46(32-36)52(2)28-10-12-30-54(52,4)58(48)40-18-14-16-38(56)34-40/h5-8,13-26,31-34H,9-12,27-30H2,1-4H3. The van der Waals surface area contributed by atoms with E-state index in [1.807, 2.05) is 12.1 Å². The minimum absolute atomic E-state index is 0.0952. The summed E-state index contributed by atoms with van der Waals surface area (Å²) in [4.78, 5) is 4.91. The average molecular weight is 765 g/mol. The molecule has 2 aliphatic heterocycles. The number of nitrogens with zero attached hydrogens (tertiary/aromatic N) is 2. The highest BCUT2D eigenvalue weighted by Gasteiger charge is 2.59. The van der Waals surface area contributed by atoms with Crippen LogP contribution in [0.25, 0.3) is 43.8 Å². The highest BCUT2D eigenvalue weighted by molar-refractivity contribution is 6.21. The molecular weight excluding hydrogens is 715 g/mol. The van der Waals surface area contributed by atoms with Gasteiger partial charge in [-0.1, -0.05) is 112 Å². The molecule has 4 atom stereocenters. The zero-order chi connectivity index (χ0) is 39.6. The van der Waals surface area contributed by atoms with E-state index in [4.69, 9.17) is 0 Å². The van der Waals surface area contributed by atoms with Crippen LogP contribution in [0.3, 0.4) is 0 Å². The fraction of sp³-hybridized carbons (Fsp3) is 0.296. The van der Waals surface area contributed by atoms with E-state index in [-0.39, 0.29) is 33.5 Å². The van der Waals surface area contributed by atoms with Crippen LogP contribution in [-0.2, 0) is 10.8 Å². The molecular formula is C54H50F2N2. The Morgan fingerprint density at radius 3 is 1.17 bits per heavy atom. The van der Waals surface area contributed by atoms with E-state index in [1.165, 1.54) is 92.0 Å². The minimum Gasteiger partial charge on any atom is -0.334 e. The van der Waals surface area contributed by atoms with Crippen LogP contribution in [0.15, 0.2) is 133 Å². The molecule has 58 heavy (non-hydrogen) atoms. The van der Waals surface area contributed by atoms with E-state index in [9.17, 15) is 8.78 Å². The molecule has 2 saturated carbocycles. The van der Waals surface area contributed by atoms with Crippen molar-refractivity contribution in [1.29, 1.82) is 0 Å². The molecule has 4 heteroatoms. The van der Waals surface area contributed by atoms with Crippen LogP contribution in [0.5, 0.6) is 0 Å². The van der Waals surface area contributed by atoms with Crippen LogP contribution < -0.4 is 9.80 Å². The van der Waals surface area contributed by atoms with Crippen LogP contribution in [0.4, 0.5) is 31.5 Å². The fourth-order valence-electron chi connectivity index (χ4n) is 12.6. The van der Waals surface area contributed by atoms with Gasteiger partial charge >= 0.3 is 0 Å². The SMILES string of the molecule is CC12CCCCC1(C)N(c1cccc(F)c1)c1ccc(-c3c4ccccc4c(-c4ccc5c(c4)C4(C)CCCCC4(C)N5c4cccc(F)c4)c4ccccc34)cc12. The van der Waals surface area contributed by atoms with Gasteiger partial charge in [0.2, 0.25) is 0 Å². The molecule has 2 heterocycles. The summed E-state index contributed by atoms with van der Waals surface area (Å²) in [5.74, 6) is -0.397. The molecule has 0 aromatic heterocycles. The van der Waals surface area contributed by atoms with Gasteiger partial charge in [-0.2, -0.15) is 0 Å². The zero-order valence-corrected chi connectivity index (χ0v) is 34.0. The number of benzene rings is 7. The summed E-state index contributed by atoms with van der Waals surface area (Å²) in [6.45, 7) is 9.71. The lowest BCUT2D eigenvalue weighted by molar-refractivity contribution is 0.195. The monoisotopic (exact) mass is 764 g/mol. The van der Waals surface area contributed by atoms with Gasteiger partial charge in [-0.25, -0.2) is 8.78 Å². The first kappa shape index (κ1) is 35.7. The van der Waals surface area contributed by atoms with Crippen molar-refractivity contribution in [1.82, 2.24) is 0 Å². The zero-order valence-electron chi connectivity index (χ0n) is 34.0. The Morgan fingerprint density at radius 1 is 0.414 bits per heavy atom. The molecule has 0 saturated heterocycles. The predicted octanol–water partition coefficient (Wildman–Crippen LogP) is 15.1. The normalized spacial score (nSPS) is 26.1. The van der Waals surface area contributed by atoms with Crippen LogP contribution in [0, 0.1) is 11.6 Å². The van der Waals surface area contributed by atoms with Crippen molar-refractivity contribution in [2.75, 3.05) is 9.80 Å². The first-order chi connectivity index (χ1) is 28.1. The van der Waals surface area contributed by atoms with E-state index in [0.29, 0.717) is 0 Å². The lowest BCUT2D eigenvalue weighted by atomic mass is 9.61. The highest BCUT2D eigenvalue weighted by Crippen LogP contribution is 2.63. The van der Waals surface area contributed by atoms with E-state index >= 15 is 0 Å². The van der Waals surface area contributed by atoms with Gasteiger partial charge in [-0.05, 0) is 155 Å². The lowest BCUT2D eigenvalue weighted by Gasteiger charge is -2.50. The Labute approximate surface area is 341 Å². The molecule has 290 valence electrons. The first-order valence-corrected chi connectivity index (χ1v) is 21.4. The average Bonchev–Trinajstić information content (AvgIpc) is 3.57. The predicted molar refractivity (Wildman–Crippen MR) is 238 cm³/mol. The number of hydrogen-bond acceptors (Lipinski definition) is 2. The van der Waals surface area contributed by atoms with E-state index in [1.54, 1.807) is 24.3 Å². The van der Waals surface area contributed by atoms with Gasteiger partial charge in [-0.15, -0.1) is 0 Å². The van der Waals surface area contributed by atoms with Crippen molar-refractivity contribution in [3.05, 3.63) is 156 Å². The summed E-state index contributed by atoms with van der Waals surface area (Å²) in [5, 5.41) is 4.96. The van der Waals surface area contributed by atoms with Gasteiger partial charge < -0.3 is 9.80 Å². The molecule has 0 N–H and O–H groups in total. The van der Waals surface area contributed by atoms with Gasteiger partial charge in [0.1, 0.15) is 11.6 Å². The number of fused-ring (bicyclic) bond motifs is 8. The van der Waals surface area contributed by atoms with Crippen molar-refractivity contribution in [2.45, 2.75) is 101 Å². The van der Waals surface area contributed by atoms with Gasteiger partial charge in [0, 0.05) is 33.6 Å². The minimum atomic E-state index is -0.198. The maximum atomic E-state index is 14.8. The second kappa shape index (κ2) is 12.5. The van der Waals surface area contributed by atoms with Crippen LogP contribution in [0.1, 0.15) is 90.2 Å². The van der Waals surface area contributed by atoms with Gasteiger partial charge in [0.15, 0.2) is 0 Å². The highest BCUT2D eigenvalue weighted by atomic mass is 19.1. The second-order valence-electron chi connectivity index (χ2n) is 18.6. The summed E-state index contributed by atoms with van der Waals surface area (Å²) >= 11 is 0. The molecule has 0 amide bonds. The molecule has 0 spiro atoms. The summed E-state index contributed by atoms with van der Waals surface area (Å²) in [5.41, 5.74) is 11.4. The lowest BCUT2D eigenvalue weighted by Crippen LogP contribution is -2.54. The fourth-order valence-corrected chi connectivity index (χ4v) is 12.6. The molecule has 2 fully saturated rings. The Morgan fingerprint density at radius 2 is 0.793 bits per heavy atom. The molecule has 2 aliphatic carbocycles. The van der Waals surface area contributed by atoms with Gasteiger partial charge in [0.05, 0.1) is 11.1 Å². The molecule has 4 unspecified atom stereocenters. The number of rotatable bonds is 4. The Hall–Kier alpha value is -5.48. The Balaban J connectivity index is 1.12. The molecule has 0 bridgehead atoms. The third-order valence-corrected chi connectivity index (χ3v) is 15.9. The molecule has 2 nitrogen and oxygen atoms in total. The molecule has 7 aromatic carbocycles. The summed E-state index contributed by atoms with van der Waals surface area (Å²) in [6, 6.07) is 46.5. The van der Waals surface area contributed by atoms with E-state index < -0.39 is 0 Å². The summed E-state index contributed by atoms with van der Waals surface area (Å²) in [6.07, 6.45) is 9.02. The first-order valence-electron chi connectivity index (χ1n) is 21.4. The largest absolute Gasteiger partial charge is 0.334 e. The van der Waals surface area contributed by atoms with Gasteiger partial charge in [0.25, 0.3) is 0 Å². The van der Waals surface area contributed by atoms with E-state index in [0.717, 1.165) is 37.1 Å². The number of hydrogen-bond donors (Lipinski definition) is 0. The molecule has 0 radical (unpaired) electrons. The van der Waals surface area contributed by atoms with Gasteiger partial charge in [-0.3, -0.25) is 0 Å².